The zero-order valence-electron chi connectivity index (χ0n) is 15.2. The number of hydrogen-bond acceptors (Lipinski definition) is 4. The molecule has 0 aliphatic heterocycles. The summed E-state index contributed by atoms with van der Waals surface area (Å²) in [5, 5.41) is 4.96. The molecule has 0 unspecified atom stereocenters. The summed E-state index contributed by atoms with van der Waals surface area (Å²) in [5.41, 5.74) is 2.82. The number of benzene rings is 2. The lowest BCUT2D eigenvalue weighted by atomic mass is 10.2. The summed E-state index contributed by atoms with van der Waals surface area (Å²) in [6, 6.07) is 13.7. The predicted molar refractivity (Wildman–Crippen MR) is 106 cm³/mol. The van der Waals surface area contributed by atoms with Gasteiger partial charge in [-0.25, -0.2) is 8.42 Å². The van der Waals surface area contributed by atoms with E-state index in [0.29, 0.717) is 22.9 Å². The highest BCUT2D eigenvalue weighted by Crippen LogP contribution is 2.25. The van der Waals surface area contributed by atoms with Crippen LogP contribution in [0.2, 0.25) is 5.02 Å². The van der Waals surface area contributed by atoms with Crippen LogP contribution in [0.5, 0.6) is 5.75 Å². The molecule has 1 aromatic heterocycles. The normalized spacial score (nSPS) is 11.4. The lowest BCUT2D eigenvalue weighted by Gasteiger charge is -2.10. The van der Waals surface area contributed by atoms with Crippen LogP contribution in [0.25, 0.3) is 0 Å². The smallest absolute Gasteiger partial charge is 0.262 e. The Hall–Kier alpha value is -2.51. The van der Waals surface area contributed by atoms with Gasteiger partial charge in [0, 0.05) is 5.02 Å². The van der Waals surface area contributed by atoms with Gasteiger partial charge in [-0.15, -0.1) is 0 Å². The van der Waals surface area contributed by atoms with Crippen LogP contribution in [0.15, 0.2) is 53.4 Å². The number of rotatable bonds is 6. The first kappa shape index (κ1) is 19.3. The average Bonchev–Trinajstić information content (AvgIpc) is 2.89. The van der Waals surface area contributed by atoms with E-state index in [9.17, 15) is 8.42 Å². The molecule has 0 fully saturated rings. The number of nitrogens with zero attached hydrogens (tertiary/aromatic N) is 2. The van der Waals surface area contributed by atoms with E-state index in [4.69, 9.17) is 16.3 Å². The van der Waals surface area contributed by atoms with Gasteiger partial charge in [0.2, 0.25) is 0 Å². The van der Waals surface area contributed by atoms with Crippen LogP contribution in [0, 0.1) is 13.8 Å². The molecule has 3 rings (SSSR count). The van der Waals surface area contributed by atoms with E-state index in [0.717, 1.165) is 17.0 Å². The highest BCUT2D eigenvalue weighted by atomic mass is 35.5. The van der Waals surface area contributed by atoms with E-state index < -0.39 is 10.0 Å². The maximum absolute atomic E-state index is 12.7. The van der Waals surface area contributed by atoms with Crippen molar-refractivity contribution in [1.82, 2.24) is 9.78 Å². The van der Waals surface area contributed by atoms with Crippen molar-refractivity contribution in [2.75, 3.05) is 11.8 Å². The van der Waals surface area contributed by atoms with Gasteiger partial charge in [0.15, 0.2) is 0 Å². The summed E-state index contributed by atoms with van der Waals surface area (Å²) in [4.78, 5) is 0.145. The summed E-state index contributed by atoms with van der Waals surface area (Å²) < 4.78 is 35.0. The van der Waals surface area contributed by atoms with Crippen molar-refractivity contribution in [1.29, 1.82) is 0 Å². The number of methoxy groups -OCH3 is 1. The molecule has 0 atom stereocenters. The Kier molecular flexibility index (Phi) is 5.43. The molecular weight excluding hydrogens is 386 g/mol. The zero-order valence-corrected chi connectivity index (χ0v) is 16.8. The van der Waals surface area contributed by atoms with Gasteiger partial charge < -0.3 is 4.74 Å². The highest BCUT2D eigenvalue weighted by Gasteiger charge is 2.20. The number of anilines is 1. The number of halogens is 1. The zero-order chi connectivity index (χ0) is 19.6. The Labute approximate surface area is 163 Å². The van der Waals surface area contributed by atoms with E-state index in [2.05, 4.69) is 9.82 Å². The van der Waals surface area contributed by atoms with Gasteiger partial charge in [-0.3, -0.25) is 9.40 Å². The van der Waals surface area contributed by atoms with Gasteiger partial charge in [-0.1, -0.05) is 23.7 Å². The van der Waals surface area contributed by atoms with E-state index in [1.54, 1.807) is 30.8 Å². The minimum Gasteiger partial charge on any atom is -0.497 e. The third kappa shape index (κ3) is 4.26. The van der Waals surface area contributed by atoms with Crippen molar-refractivity contribution in [2.45, 2.75) is 25.3 Å². The van der Waals surface area contributed by atoms with E-state index in [1.165, 1.54) is 12.1 Å². The molecule has 8 heteroatoms. The standard InChI is InChI=1S/C19H20ClN3O3S/c1-13-19(22-27(24,25)18-9-7-16(20)8-10-18)14(2)23(21-13)12-15-5-4-6-17(11-15)26-3/h4-11,22H,12H2,1-3H3. The second kappa shape index (κ2) is 7.62. The summed E-state index contributed by atoms with van der Waals surface area (Å²) in [5.74, 6) is 0.762. The van der Waals surface area contributed by atoms with Crippen LogP contribution >= 0.6 is 11.6 Å². The first-order valence-electron chi connectivity index (χ1n) is 8.25. The second-order valence-corrected chi connectivity index (χ2v) is 8.23. The molecule has 0 amide bonds. The number of hydrogen-bond donors (Lipinski definition) is 1. The molecule has 142 valence electrons. The Morgan fingerprint density at radius 1 is 1.15 bits per heavy atom. The number of nitrogens with one attached hydrogen (secondary N) is 1. The summed E-state index contributed by atoms with van der Waals surface area (Å²) in [6.45, 7) is 4.11. The molecule has 1 N–H and O–H groups in total. The number of aryl methyl sites for hydroxylation is 1. The third-order valence-electron chi connectivity index (χ3n) is 4.21. The molecule has 0 spiro atoms. The number of ether oxygens (including phenoxy) is 1. The lowest BCUT2D eigenvalue weighted by Crippen LogP contribution is -2.14. The van der Waals surface area contributed by atoms with Gasteiger partial charge >= 0.3 is 0 Å². The lowest BCUT2D eigenvalue weighted by molar-refractivity contribution is 0.414. The van der Waals surface area contributed by atoms with Gasteiger partial charge in [-0.05, 0) is 55.8 Å². The molecule has 0 aliphatic carbocycles. The van der Waals surface area contributed by atoms with Gasteiger partial charge in [0.1, 0.15) is 5.75 Å². The van der Waals surface area contributed by atoms with Crippen molar-refractivity contribution in [3.05, 3.63) is 70.5 Å². The first-order chi connectivity index (χ1) is 12.8. The van der Waals surface area contributed by atoms with Crippen LogP contribution in [0.1, 0.15) is 17.0 Å². The fourth-order valence-electron chi connectivity index (χ4n) is 2.75. The van der Waals surface area contributed by atoms with Crippen LogP contribution in [0.3, 0.4) is 0 Å². The quantitative estimate of drug-likeness (QED) is 0.672. The van der Waals surface area contributed by atoms with Crippen molar-refractivity contribution in [3.63, 3.8) is 0 Å². The molecule has 0 saturated heterocycles. The topological polar surface area (TPSA) is 73.2 Å². The minimum atomic E-state index is -3.73. The fraction of sp³-hybridized carbons (Fsp3) is 0.211. The molecule has 0 aliphatic rings. The Bertz CT molecular complexity index is 1060. The Balaban J connectivity index is 1.88. The van der Waals surface area contributed by atoms with Crippen molar-refractivity contribution in [2.24, 2.45) is 0 Å². The minimum absolute atomic E-state index is 0.145. The van der Waals surface area contributed by atoms with Gasteiger partial charge in [0.05, 0.1) is 35.6 Å². The van der Waals surface area contributed by atoms with Gasteiger partial charge in [0.25, 0.3) is 10.0 Å². The predicted octanol–water partition coefficient (Wildman–Crippen LogP) is 4.01. The maximum atomic E-state index is 12.7. The van der Waals surface area contributed by atoms with Crippen LogP contribution in [-0.2, 0) is 16.6 Å². The fourth-order valence-corrected chi connectivity index (χ4v) is 4.05. The second-order valence-electron chi connectivity index (χ2n) is 6.11. The van der Waals surface area contributed by atoms with Gasteiger partial charge in [-0.2, -0.15) is 5.10 Å². The van der Waals surface area contributed by atoms with Crippen LogP contribution in [0.4, 0.5) is 5.69 Å². The van der Waals surface area contributed by atoms with E-state index >= 15 is 0 Å². The van der Waals surface area contributed by atoms with E-state index in [-0.39, 0.29) is 4.90 Å². The molecule has 0 bridgehead atoms. The van der Waals surface area contributed by atoms with Crippen molar-refractivity contribution >= 4 is 27.3 Å². The molecule has 0 radical (unpaired) electrons. The molecule has 1 heterocycles. The number of sulfonamides is 1. The molecule has 6 nitrogen and oxygen atoms in total. The Morgan fingerprint density at radius 2 is 1.85 bits per heavy atom. The maximum Gasteiger partial charge on any atom is 0.262 e. The first-order valence-corrected chi connectivity index (χ1v) is 10.1. The molecular formula is C19H20ClN3O3S. The van der Waals surface area contributed by atoms with Crippen LogP contribution < -0.4 is 9.46 Å². The summed E-state index contributed by atoms with van der Waals surface area (Å²) in [6.07, 6.45) is 0. The molecule has 3 aromatic rings. The highest BCUT2D eigenvalue weighted by molar-refractivity contribution is 7.92. The SMILES string of the molecule is COc1cccc(Cn2nc(C)c(NS(=O)(=O)c3ccc(Cl)cc3)c2C)c1. The summed E-state index contributed by atoms with van der Waals surface area (Å²) in [7, 11) is -2.11. The largest absolute Gasteiger partial charge is 0.497 e. The van der Waals surface area contributed by atoms with Crippen molar-refractivity contribution < 1.29 is 13.2 Å². The van der Waals surface area contributed by atoms with Crippen LogP contribution in [-0.4, -0.2) is 25.3 Å². The summed E-state index contributed by atoms with van der Waals surface area (Å²) >= 11 is 5.84. The number of aromatic nitrogens is 2. The third-order valence-corrected chi connectivity index (χ3v) is 5.83. The molecule has 0 saturated carbocycles. The Morgan fingerprint density at radius 3 is 2.52 bits per heavy atom. The molecule has 2 aromatic carbocycles. The average molecular weight is 406 g/mol. The van der Waals surface area contributed by atoms with Crippen molar-refractivity contribution in [3.8, 4) is 5.75 Å². The monoisotopic (exact) mass is 405 g/mol. The van der Waals surface area contributed by atoms with E-state index in [1.807, 2.05) is 31.2 Å². The molecule has 27 heavy (non-hydrogen) atoms.